The lowest BCUT2D eigenvalue weighted by Gasteiger charge is -2.13. The van der Waals surface area contributed by atoms with Crippen molar-refractivity contribution in [1.29, 1.82) is 0 Å². The first-order valence-corrected chi connectivity index (χ1v) is 12.1. The maximum atomic E-state index is 13.0. The third kappa shape index (κ3) is 6.65. The Balaban J connectivity index is 1.49. The largest absolute Gasteiger partial charge is 0.507 e. The summed E-state index contributed by atoms with van der Waals surface area (Å²) in [7, 11) is 0. The van der Waals surface area contributed by atoms with Crippen LogP contribution in [-0.2, 0) is 0 Å². The maximum Gasteiger partial charge on any atom is 0.347 e. The van der Waals surface area contributed by atoms with Crippen molar-refractivity contribution in [3.05, 3.63) is 138 Å². The lowest BCUT2D eigenvalue weighted by Crippen LogP contribution is -2.11. The van der Waals surface area contributed by atoms with Crippen molar-refractivity contribution < 1.29 is 24.5 Å². The molecule has 0 bridgehead atoms. The average Bonchev–Trinajstić information content (AvgIpc) is 2.93. The van der Waals surface area contributed by atoms with E-state index in [0.29, 0.717) is 22.4 Å². The van der Waals surface area contributed by atoms with Gasteiger partial charge in [-0.2, -0.15) is 0 Å². The number of hydrogen-bond acceptors (Lipinski definition) is 7. The summed E-state index contributed by atoms with van der Waals surface area (Å²) in [5.41, 5.74) is 4.45. The van der Waals surface area contributed by atoms with Crippen LogP contribution in [0.3, 0.4) is 0 Å². The highest BCUT2D eigenvalue weighted by atomic mass is 16.6. The van der Waals surface area contributed by atoms with E-state index in [2.05, 4.69) is 0 Å². The smallest absolute Gasteiger partial charge is 0.347 e. The monoisotopic (exact) mass is 536 g/mol. The Bertz CT molecular complexity index is 1630. The van der Waals surface area contributed by atoms with Gasteiger partial charge in [0.1, 0.15) is 17.1 Å². The first-order valence-electron chi connectivity index (χ1n) is 12.1. The number of nitro groups is 2. The van der Waals surface area contributed by atoms with E-state index < -0.39 is 15.8 Å². The number of nitro benzene ring substituents is 2. The van der Waals surface area contributed by atoms with Crippen LogP contribution in [0.4, 0.5) is 11.4 Å². The van der Waals surface area contributed by atoms with Gasteiger partial charge in [-0.3, -0.25) is 20.2 Å². The predicted molar refractivity (Wildman–Crippen MR) is 153 cm³/mol. The highest BCUT2D eigenvalue weighted by Crippen LogP contribution is 2.29. The fourth-order valence-corrected chi connectivity index (χ4v) is 4.01. The Morgan fingerprint density at radius 2 is 1.10 bits per heavy atom. The van der Waals surface area contributed by atoms with Gasteiger partial charge in [0.2, 0.25) is 0 Å². The molecule has 200 valence electrons. The first kappa shape index (κ1) is 27.5. The van der Waals surface area contributed by atoms with E-state index in [1.807, 2.05) is 38.1 Å². The van der Waals surface area contributed by atoms with Gasteiger partial charge in [-0.05, 0) is 95.8 Å². The first-order chi connectivity index (χ1) is 19.1. The molecule has 0 atom stereocenters. The normalized spacial score (nSPS) is 11.2. The highest BCUT2D eigenvalue weighted by Gasteiger charge is 2.17. The van der Waals surface area contributed by atoms with E-state index in [0.717, 1.165) is 16.7 Å². The fourth-order valence-electron chi connectivity index (χ4n) is 4.01. The van der Waals surface area contributed by atoms with Crippen LogP contribution in [-0.4, -0.2) is 20.9 Å². The van der Waals surface area contributed by atoms with E-state index in [4.69, 9.17) is 4.74 Å². The molecule has 4 aromatic carbocycles. The predicted octanol–water partition coefficient (Wildman–Crippen LogP) is 7.39. The Kier molecular flexibility index (Phi) is 8.15. The number of ether oxygens (including phenoxy) is 1. The molecule has 4 aromatic rings. The Labute approximate surface area is 229 Å². The van der Waals surface area contributed by atoms with Crippen molar-refractivity contribution in [3.63, 3.8) is 0 Å². The summed E-state index contributed by atoms with van der Waals surface area (Å²) in [6, 6.07) is 20.5. The van der Waals surface area contributed by atoms with Crippen LogP contribution in [0.15, 0.2) is 78.9 Å². The molecule has 0 unspecified atom stereocenters. The van der Waals surface area contributed by atoms with Crippen molar-refractivity contribution in [2.24, 2.45) is 0 Å². The van der Waals surface area contributed by atoms with Gasteiger partial charge in [0.15, 0.2) is 0 Å². The van der Waals surface area contributed by atoms with Crippen molar-refractivity contribution in [1.82, 2.24) is 0 Å². The van der Waals surface area contributed by atoms with Crippen molar-refractivity contribution >= 4 is 41.6 Å². The highest BCUT2D eigenvalue weighted by molar-refractivity contribution is 5.95. The topological polar surface area (TPSA) is 133 Å². The summed E-state index contributed by atoms with van der Waals surface area (Å²) in [4.78, 5) is 33.7. The molecular weight excluding hydrogens is 512 g/mol. The number of esters is 1. The molecular formula is C31H24N2O7. The Morgan fingerprint density at radius 1 is 0.675 bits per heavy atom. The van der Waals surface area contributed by atoms with E-state index in [-0.39, 0.29) is 22.7 Å². The third-order valence-electron chi connectivity index (χ3n) is 6.06. The van der Waals surface area contributed by atoms with Gasteiger partial charge in [0.25, 0.3) is 11.4 Å². The van der Waals surface area contributed by atoms with Crippen LogP contribution in [0, 0.1) is 34.1 Å². The van der Waals surface area contributed by atoms with E-state index in [1.54, 1.807) is 42.5 Å². The number of aryl methyl sites for hydroxylation is 2. The van der Waals surface area contributed by atoms with Crippen LogP contribution >= 0.6 is 0 Å². The van der Waals surface area contributed by atoms with Crippen molar-refractivity contribution in [2.75, 3.05) is 0 Å². The molecule has 0 fully saturated rings. The molecule has 0 aliphatic carbocycles. The quantitative estimate of drug-likeness (QED) is 0.0816. The summed E-state index contributed by atoms with van der Waals surface area (Å²) >= 11 is 0. The summed E-state index contributed by atoms with van der Waals surface area (Å²) in [5.74, 6) is -0.567. The molecule has 0 heterocycles. The lowest BCUT2D eigenvalue weighted by atomic mass is 10.0. The summed E-state index contributed by atoms with van der Waals surface area (Å²) in [5, 5.41) is 32.0. The molecule has 9 nitrogen and oxygen atoms in total. The Morgan fingerprint density at radius 3 is 1.57 bits per heavy atom. The molecule has 1 N–H and O–H groups in total. The molecule has 0 amide bonds. The van der Waals surface area contributed by atoms with E-state index in [9.17, 15) is 30.1 Å². The number of rotatable bonds is 8. The number of phenols is 1. The van der Waals surface area contributed by atoms with Gasteiger partial charge in [-0.15, -0.1) is 0 Å². The fraction of sp³-hybridized carbons (Fsp3) is 0.0645. The molecule has 0 aliphatic heterocycles. The second-order valence-electron chi connectivity index (χ2n) is 9.01. The average molecular weight is 537 g/mol. The number of aromatic hydroxyl groups is 1. The number of carbonyl (C=O) groups excluding carboxylic acids is 1. The second-order valence-corrected chi connectivity index (χ2v) is 9.01. The molecule has 4 rings (SSSR count). The van der Waals surface area contributed by atoms with Crippen molar-refractivity contribution in [2.45, 2.75) is 13.8 Å². The third-order valence-corrected chi connectivity index (χ3v) is 6.06. The lowest BCUT2D eigenvalue weighted by molar-refractivity contribution is -0.385. The number of benzene rings is 4. The van der Waals surface area contributed by atoms with Gasteiger partial charge in [-0.1, -0.05) is 30.4 Å². The number of hydrogen-bond donors (Lipinski definition) is 1. The summed E-state index contributed by atoms with van der Waals surface area (Å²) in [6.07, 6.45) is 7.15. The van der Waals surface area contributed by atoms with E-state index >= 15 is 0 Å². The standard InChI is InChI=1S/C31H24N2O7/c1-20-17-25(6-4-23-9-14-27(15-10-23)33(38)39)18-21(2)30(20)40-31(35)28-19-24(11-16-29(28)34)5-3-22-7-12-26(13-8-22)32(36)37/h3-19,34H,1-2H3. The molecule has 0 aliphatic rings. The minimum atomic E-state index is -0.719. The Hall–Kier alpha value is -5.57. The zero-order chi connectivity index (χ0) is 28.8. The molecule has 0 radical (unpaired) electrons. The molecule has 0 aromatic heterocycles. The minimum Gasteiger partial charge on any atom is -0.507 e. The maximum absolute atomic E-state index is 13.0. The van der Waals surface area contributed by atoms with Crippen LogP contribution in [0.25, 0.3) is 24.3 Å². The summed E-state index contributed by atoms with van der Waals surface area (Å²) < 4.78 is 5.67. The SMILES string of the molecule is Cc1cc(C=Cc2ccc([N+](=O)[O-])cc2)cc(C)c1OC(=O)c1cc(C=Cc2ccc([N+](=O)[O-])cc2)ccc1O. The molecule has 9 heteroatoms. The van der Waals surface area contributed by atoms with Gasteiger partial charge >= 0.3 is 5.97 Å². The second kappa shape index (κ2) is 11.9. The van der Waals surface area contributed by atoms with Crippen LogP contribution in [0.2, 0.25) is 0 Å². The molecule has 0 spiro atoms. The van der Waals surface area contributed by atoms with Crippen molar-refractivity contribution in [3.8, 4) is 11.5 Å². The van der Waals surface area contributed by atoms with Gasteiger partial charge < -0.3 is 9.84 Å². The van der Waals surface area contributed by atoms with Gasteiger partial charge in [0.05, 0.1) is 9.85 Å². The molecule has 0 saturated heterocycles. The number of carbonyl (C=O) groups is 1. The van der Waals surface area contributed by atoms with Crippen LogP contribution < -0.4 is 4.74 Å². The number of non-ortho nitro benzene ring substituents is 2. The zero-order valence-electron chi connectivity index (χ0n) is 21.6. The van der Waals surface area contributed by atoms with Gasteiger partial charge in [-0.25, -0.2) is 4.79 Å². The number of nitrogens with zero attached hydrogens (tertiary/aromatic N) is 2. The minimum absolute atomic E-state index is 0.00760. The van der Waals surface area contributed by atoms with Crippen LogP contribution in [0.5, 0.6) is 11.5 Å². The number of phenolic OH excluding ortho intramolecular Hbond substituents is 1. The molecule has 0 saturated carbocycles. The zero-order valence-corrected chi connectivity index (χ0v) is 21.6. The van der Waals surface area contributed by atoms with Crippen LogP contribution in [0.1, 0.15) is 43.7 Å². The van der Waals surface area contributed by atoms with E-state index in [1.165, 1.54) is 36.4 Å². The van der Waals surface area contributed by atoms with Gasteiger partial charge in [0, 0.05) is 24.3 Å². The summed E-state index contributed by atoms with van der Waals surface area (Å²) in [6.45, 7) is 3.62. The molecule has 40 heavy (non-hydrogen) atoms.